The van der Waals surface area contributed by atoms with Gasteiger partial charge in [0.1, 0.15) is 6.17 Å². The Kier molecular flexibility index (Phi) is 3.93. The van der Waals surface area contributed by atoms with Crippen LogP contribution in [0.2, 0.25) is 0 Å². The third kappa shape index (κ3) is 2.74. The highest BCUT2D eigenvalue weighted by Gasteiger charge is 2.41. The minimum absolute atomic E-state index is 0.0622. The number of benzene rings is 2. The second-order valence-corrected chi connectivity index (χ2v) is 7.26. The summed E-state index contributed by atoms with van der Waals surface area (Å²) in [7, 11) is -3.95. The SMILES string of the molecule is Cc1ccc(S(=O)(=O)N2CC(=O)N([O-])C2c2ccccc2)cc1. The van der Waals surface area contributed by atoms with Crippen molar-refractivity contribution in [2.24, 2.45) is 0 Å². The number of carbonyl (C=O) groups excluding carboxylic acids is 1. The largest absolute Gasteiger partial charge is 0.755 e. The molecule has 2 aromatic carbocycles. The predicted octanol–water partition coefficient (Wildman–Crippen LogP) is 2.02. The number of hydroxylamine groups is 2. The zero-order chi connectivity index (χ0) is 16.6. The van der Waals surface area contributed by atoms with Gasteiger partial charge in [-0.15, -0.1) is 0 Å². The molecule has 1 aliphatic heterocycles. The van der Waals surface area contributed by atoms with Crippen LogP contribution < -0.4 is 0 Å². The summed E-state index contributed by atoms with van der Waals surface area (Å²) in [4.78, 5) is 11.9. The summed E-state index contributed by atoms with van der Waals surface area (Å²) in [5.41, 5.74) is 1.38. The van der Waals surface area contributed by atoms with E-state index in [1.54, 1.807) is 42.5 Å². The number of hydrogen-bond donors (Lipinski definition) is 0. The highest BCUT2D eigenvalue weighted by molar-refractivity contribution is 7.89. The van der Waals surface area contributed by atoms with Crippen molar-refractivity contribution in [2.45, 2.75) is 18.0 Å². The van der Waals surface area contributed by atoms with Crippen molar-refractivity contribution >= 4 is 15.9 Å². The van der Waals surface area contributed by atoms with E-state index in [0.717, 1.165) is 9.87 Å². The first kappa shape index (κ1) is 15.7. The minimum Gasteiger partial charge on any atom is -0.755 e. The Morgan fingerprint density at radius 1 is 1.04 bits per heavy atom. The normalized spacial score (nSPS) is 19.3. The molecule has 0 saturated carbocycles. The molecular weight excluding hydrogens is 316 g/mol. The maximum Gasteiger partial charge on any atom is 0.245 e. The van der Waals surface area contributed by atoms with Crippen molar-refractivity contribution in [3.63, 3.8) is 0 Å². The number of rotatable bonds is 3. The van der Waals surface area contributed by atoms with Crippen LogP contribution in [-0.4, -0.2) is 30.2 Å². The Bertz CT molecular complexity index is 819. The van der Waals surface area contributed by atoms with Gasteiger partial charge in [0.05, 0.1) is 11.4 Å². The van der Waals surface area contributed by atoms with E-state index in [1.165, 1.54) is 12.1 Å². The van der Waals surface area contributed by atoms with Crippen LogP contribution in [-0.2, 0) is 14.8 Å². The average molecular weight is 331 g/mol. The molecule has 2 aromatic rings. The second kappa shape index (κ2) is 5.77. The predicted molar refractivity (Wildman–Crippen MR) is 84.5 cm³/mol. The lowest BCUT2D eigenvalue weighted by Crippen LogP contribution is -2.33. The summed E-state index contributed by atoms with van der Waals surface area (Å²) in [5, 5.41) is 12.3. The molecule has 1 saturated heterocycles. The first-order valence-electron chi connectivity index (χ1n) is 7.04. The second-order valence-electron chi connectivity index (χ2n) is 5.37. The van der Waals surface area contributed by atoms with Crippen molar-refractivity contribution in [1.82, 2.24) is 9.37 Å². The molecule has 0 radical (unpaired) electrons. The number of aryl methyl sites for hydroxylation is 1. The summed E-state index contributed by atoms with van der Waals surface area (Å²) >= 11 is 0. The molecule has 120 valence electrons. The molecule has 0 aliphatic carbocycles. The topological polar surface area (TPSA) is 80.8 Å². The van der Waals surface area contributed by atoms with Gasteiger partial charge < -0.3 is 10.3 Å². The van der Waals surface area contributed by atoms with E-state index in [9.17, 15) is 18.4 Å². The summed E-state index contributed by atoms with van der Waals surface area (Å²) in [6.07, 6.45) is -1.17. The fourth-order valence-corrected chi connectivity index (χ4v) is 4.03. The Hall–Kier alpha value is -2.22. The van der Waals surface area contributed by atoms with Crippen LogP contribution in [0.1, 0.15) is 17.3 Å². The van der Waals surface area contributed by atoms with Crippen molar-refractivity contribution in [3.8, 4) is 0 Å². The van der Waals surface area contributed by atoms with E-state index >= 15 is 0 Å². The van der Waals surface area contributed by atoms with Gasteiger partial charge in [0.15, 0.2) is 0 Å². The number of hydrogen-bond acceptors (Lipinski definition) is 4. The maximum atomic E-state index is 12.8. The summed E-state index contributed by atoms with van der Waals surface area (Å²) < 4.78 is 26.6. The molecular formula is C16H15N2O4S-. The van der Waals surface area contributed by atoms with Crippen LogP contribution in [0.5, 0.6) is 0 Å². The number of amides is 1. The molecule has 6 nitrogen and oxygen atoms in total. The molecule has 0 aromatic heterocycles. The summed E-state index contributed by atoms with van der Waals surface area (Å²) in [5.74, 6) is -0.769. The lowest BCUT2D eigenvalue weighted by molar-refractivity contribution is -0.125. The van der Waals surface area contributed by atoms with Crippen molar-refractivity contribution in [2.75, 3.05) is 6.54 Å². The molecule has 1 fully saturated rings. The molecule has 1 amide bonds. The molecule has 3 rings (SSSR count). The molecule has 1 unspecified atom stereocenters. The van der Waals surface area contributed by atoms with Crippen LogP contribution in [0.4, 0.5) is 0 Å². The molecule has 1 atom stereocenters. The maximum absolute atomic E-state index is 12.8. The van der Waals surface area contributed by atoms with E-state index in [1.807, 2.05) is 6.92 Å². The first-order valence-corrected chi connectivity index (χ1v) is 8.48. The molecule has 1 aliphatic rings. The van der Waals surface area contributed by atoms with Crippen LogP contribution >= 0.6 is 0 Å². The lowest BCUT2D eigenvalue weighted by atomic mass is 10.2. The van der Waals surface area contributed by atoms with Gasteiger partial charge in [-0.05, 0) is 24.6 Å². The van der Waals surface area contributed by atoms with Crippen molar-refractivity contribution in [1.29, 1.82) is 0 Å². The van der Waals surface area contributed by atoms with Crippen LogP contribution in [0.25, 0.3) is 0 Å². The first-order chi connectivity index (χ1) is 10.9. The van der Waals surface area contributed by atoms with Gasteiger partial charge in [-0.3, -0.25) is 4.79 Å². The minimum atomic E-state index is -3.95. The van der Waals surface area contributed by atoms with E-state index in [2.05, 4.69) is 0 Å². The Labute approximate surface area is 134 Å². The van der Waals surface area contributed by atoms with Gasteiger partial charge >= 0.3 is 0 Å². The smallest absolute Gasteiger partial charge is 0.245 e. The van der Waals surface area contributed by atoms with Gasteiger partial charge in [-0.25, -0.2) is 8.42 Å². The van der Waals surface area contributed by atoms with E-state index in [0.29, 0.717) is 5.56 Å². The molecule has 0 spiro atoms. The van der Waals surface area contributed by atoms with Crippen LogP contribution in [0.15, 0.2) is 59.5 Å². The van der Waals surface area contributed by atoms with E-state index < -0.39 is 28.6 Å². The van der Waals surface area contributed by atoms with Gasteiger partial charge in [0, 0.05) is 0 Å². The number of carbonyl (C=O) groups is 1. The van der Waals surface area contributed by atoms with E-state index in [4.69, 9.17) is 0 Å². The standard InChI is InChI=1S/C16H15N2O4S/c1-12-7-9-14(10-8-12)23(21,22)17-11-15(19)18(20)16(17)13-5-3-2-4-6-13/h2-10,16H,11H2,1H3/q-1. The van der Waals surface area contributed by atoms with Gasteiger partial charge in [-0.2, -0.15) is 4.31 Å². The number of nitrogens with zero attached hydrogens (tertiary/aromatic N) is 2. The van der Waals surface area contributed by atoms with Crippen molar-refractivity contribution in [3.05, 3.63) is 70.9 Å². The Morgan fingerprint density at radius 3 is 2.26 bits per heavy atom. The zero-order valence-corrected chi connectivity index (χ0v) is 13.2. The molecule has 1 heterocycles. The highest BCUT2D eigenvalue weighted by atomic mass is 32.2. The van der Waals surface area contributed by atoms with E-state index in [-0.39, 0.29) is 9.96 Å². The van der Waals surface area contributed by atoms with Gasteiger partial charge in [-0.1, -0.05) is 48.0 Å². The quantitative estimate of drug-likeness (QED) is 0.862. The monoisotopic (exact) mass is 331 g/mol. The molecule has 7 heteroatoms. The third-order valence-electron chi connectivity index (χ3n) is 3.76. The van der Waals surface area contributed by atoms with Crippen LogP contribution in [0, 0.1) is 12.1 Å². The Balaban J connectivity index is 2.06. The third-order valence-corrected chi connectivity index (χ3v) is 5.57. The zero-order valence-electron chi connectivity index (χ0n) is 12.4. The Morgan fingerprint density at radius 2 is 1.65 bits per heavy atom. The average Bonchev–Trinajstić information content (AvgIpc) is 2.85. The van der Waals surface area contributed by atoms with Crippen LogP contribution in [0.3, 0.4) is 0 Å². The molecule has 23 heavy (non-hydrogen) atoms. The van der Waals surface area contributed by atoms with Gasteiger partial charge in [0.2, 0.25) is 15.9 Å². The highest BCUT2D eigenvalue weighted by Crippen LogP contribution is 2.34. The fraction of sp³-hybridized carbons (Fsp3) is 0.188. The fourth-order valence-electron chi connectivity index (χ4n) is 2.53. The number of sulfonamides is 1. The van der Waals surface area contributed by atoms with Crippen molar-refractivity contribution < 1.29 is 13.2 Å². The van der Waals surface area contributed by atoms with Gasteiger partial charge in [0.25, 0.3) is 0 Å². The molecule has 0 N–H and O–H groups in total. The molecule has 0 bridgehead atoms. The lowest BCUT2D eigenvalue weighted by Gasteiger charge is -2.33. The summed E-state index contributed by atoms with van der Waals surface area (Å²) in [6, 6.07) is 14.7. The summed E-state index contributed by atoms with van der Waals surface area (Å²) in [6.45, 7) is 1.39.